The minimum atomic E-state index is -4.19. The molecule has 1 fully saturated rings. The van der Waals surface area contributed by atoms with Crippen LogP contribution in [-0.2, 0) is 20.0 Å². The summed E-state index contributed by atoms with van der Waals surface area (Å²) in [6.45, 7) is 2.01. The molecule has 0 aromatic heterocycles. The Morgan fingerprint density at radius 2 is 1.89 bits per heavy atom. The summed E-state index contributed by atoms with van der Waals surface area (Å²) in [7, 11) is -7.53. The van der Waals surface area contributed by atoms with Crippen molar-refractivity contribution in [2.75, 3.05) is 21.3 Å². The smallest absolute Gasteiger partial charge is 0.279 e. The van der Waals surface area contributed by atoms with Gasteiger partial charge in [0.05, 0.1) is 22.1 Å². The van der Waals surface area contributed by atoms with E-state index in [0.717, 1.165) is 12.1 Å². The van der Waals surface area contributed by atoms with E-state index >= 15 is 0 Å². The van der Waals surface area contributed by atoms with Crippen molar-refractivity contribution in [2.24, 2.45) is 0 Å². The number of hydrogen-bond donors (Lipinski definition) is 1. The van der Waals surface area contributed by atoms with E-state index in [1.54, 1.807) is 13.0 Å². The van der Waals surface area contributed by atoms with Crippen molar-refractivity contribution >= 4 is 37.1 Å². The number of nitrogens with one attached hydrogen (secondary N) is 1. The number of sulfonamides is 2. The average Bonchev–Trinajstić information content (AvgIpc) is 2.96. The summed E-state index contributed by atoms with van der Waals surface area (Å²) in [5.74, 6) is 0.0815. The van der Waals surface area contributed by atoms with Crippen LogP contribution in [-0.4, -0.2) is 34.1 Å². The number of rotatable bonds is 5. The van der Waals surface area contributed by atoms with Crippen molar-refractivity contribution in [1.29, 1.82) is 0 Å². The summed E-state index contributed by atoms with van der Waals surface area (Å²) in [6, 6.07) is 9.57. The van der Waals surface area contributed by atoms with E-state index in [-0.39, 0.29) is 11.4 Å². The van der Waals surface area contributed by atoms with Gasteiger partial charge in [0.2, 0.25) is 10.0 Å². The summed E-state index contributed by atoms with van der Waals surface area (Å²) in [4.78, 5) is 9.89. The van der Waals surface area contributed by atoms with E-state index < -0.39 is 35.6 Å². The van der Waals surface area contributed by atoms with Gasteiger partial charge in [-0.2, -0.15) is 0 Å². The van der Waals surface area contributed by atoms with E-state index in [4.69, 9.17) is 0 Å². The van der Waals surface area contributed by atoms with Crippen LogP contribution in [0.1, 0.15) is 12.0 Å². The second kappa shape index (κ2) is 6.82. The number of nitro groups is 1. The molecule has 0 spiro atoms. The zero-order valence-corrected chi connectivity index (χ0v) is 16.0. The predicted octanol–water partition coefficient (Wildman–Crippen LogP) is 2.24. The van der Waals surface area contributed by atoms with Gasteiger partial charge in [0.1, 0.15) is 0 Å². The summed E-state index contributed by atoms with van der Waals surface area (Å²) < 4.78 is 52.9. The van der Waals surface area contributed by atoms with Crippen molar-refractivity contribution in [1.82, 2.24) is 0 Å². The van der Waals surface area contributed by atoms with Crippen molar-refractivity contribution in [3.8, 4) is 0 Å². The highest BCUT2D eigenvalue weighted by Crippen LogP contribution is 2.30. The first kappa shape index (κ1) is 19.1. The molecular formula is C16H17N3O6S2. The van der Waals surface area contributed by atoms with Crippen LogP contribution in [0.15, 0.2) is 47.4 Å². The fourth-order valence-electron chi connectivity index (χ4n) is 2.88. The van der Waals surface area contributed by atoms with E-state index in [1.807, 2.05) is 0 Å². The van der Waals surface area contributed by atoms with Gasteiger partial charge in [0, 0.05) is 12.6 Å². The number of nitro benzene ring substituents is 1. The normalized spacial score (nSPS) is 16.3. The van der Waals surface area contributed by atoms with E-state index in [1.165, 1.54) is 28.6 Å². The monoisotopic (exact) mass is 411 g/mol. The third-order valence-corrected chi connectivity index (χ3v) is 7.48. The maximum atomic E-state index is 12.6. The Labute approximate surface area is 156 Å². The van der Waals surface area contributed by atoms with Crippen LogP contribution in [0.5, 0.6) is 0 Å². The molecule has 0 amide bonds. The Bertz CT molecular complexity index is 1110. The second-order valence-corrected chi connectivity index (χ2v) is 9.73. The van der Waals surface area contributed by atoms with Gasteiger partial charge in [-0.25, -0.2) is 16.8 Å². The standard InChI is InChI=1S/C16H17N3O6S2/c1-12-11-13(18-9-4-10-26(18,22)23)7-8-14(12)17-27(24,25)16-6-3-2-5-15(16)19(20)21/h2-3,5-8,11,17H,4,9-10H2,1H3. The van der Waals surface area contributed by atoms with Crippen molar-refractivity contribution in [3.63, 3.8) is 0 Å². The Morgan fingerprint density at radius 3 is 2.48 bits per heavy atom. The molecule has 1 saturated heterocycles. The van der Waals surface area contributed by atoms with Crippen molar-refractivity contribution in [3.05, 3.63) is 58.1 Å². The lowest BCUT2D eigenvalue weighted by Crippen LogP contribution is -2.25. The van der Waals surface area contributed by atoms with Gasteiger partial charge < -0.3 is 0 Å². The molecule has 2 aromatic carbocycles. The molecule has 2 aromatic rings. The lowest BCUT2D eigenvalue weighted by Gasteiger charge is -2.19. The fraction of sp³-hybridized carbons (Fsp3) is 0.250. The average molecular weight is 411 g/mol. The number of hydrogen-bond acceptors (Lipinski definition) is 6. The van der Waals surface area contributed by atoms with Gasteiger partial charge in [0.15, 0.2) is 4.90 Å². The minimum Gasteiger partial charge on any atom is -0.279 e. The number of para-hydroxylation sites is 1. The van der Waals surface area contributed by atoms with Gasteiger partial charge in [0.25, 0.3) is 15.7 Å². The molecule has 27 heavy (non-hydrogen) atoms. The topological polar surface area (TPSA) is 127 Å². The minimum absolute atomic E-state index is 0.0815. The molecule has 0 radical (unpaired) electrons. The molecule has 0 saturated carbocycles. The Balaban J connectivity index is 1.94. The second-order valence-electron chi connectivity index (χ2n) is 6.07. The maximum Gasteiger partial charge on any atom is 0.289 e. The maximum absolute atomic E-state index is 12.6. The number of anilines is 2. The van der Waals surface area contributed by atoms with Gasteiger partial charge in [-0.3, -0.25) is 19.1 Å². The molecule has 1 aliphatic heterocycles. The van der Waals surface area contributed by atoms with E-state index in [0.29, 0.717) is 24.2 Å². The van der Waals surface area contributed by atoms with Crippen LogP contribution in [0, 0.1) is 17.0 Å². The van der Waals surface area contributed by atoms with Crippen molar-refractivity contribution in [2.45, 2.75) is 18.2 Å². The molecule has 3 rings (SSSR count). The highest BCUT2D eigenvalue weighted by atomic mass is 32.2. The third-order valence-electron chi connectivity index (χ3n) is 4.19. The molecule has 0 unspecified atom stereocenters. The first-order valence-corrected chi connectivity index (χ1v) is 11.1. The Kier molecular flexibility index (Phi) is 4.82. The lowest BCUT2D eigenvalue weighted by molar-refractivity contribution is -0.387. The predicted molar refractivity (Wildman–Crippen MR) is 101 cm³/mol. The molecule has 0 aliphatic carbocycles. The molecular weight excluding hydrogens is 394 g/mol. The fourth-order valence-corrected chi connectivity index (χ4v) is 5.74. The Morgan fingerprint density at radius 1 is 1.19 bits per heavy atom. The quantitative estimate of drug-likeness (QED) is 0.594. The molecule has 0 bridgehead atoms. The molecule has 9 nitrogen and oxygen atoms in total. The molecule has 1 heterocycles. The van der Waals surface area contributed by atoms with E-state index in [9.17, 15) is 26.9 Å². The highest BCUT2D eigenvalue weighted by Gasteiger charge is 2.29. The van der Waals surface area contributed by atoms with Crippen LogP contribution in [0.2, 0.25) is 0 Å². The summed E-state index contributed by atoms with van der Waals surface area (Å²) in [6.07, 6.45) is 0.535. The SMILES string of the molecule is Cc1cc(N2CCCS2(=O)=O)ccc1NS(=O)(=O)c1ccccc1[N+](=O)[O-]. The molecule has 0 atom stereocenters. The first-order valence-electron chi connectivity index (χ1n) is 7.99. The Hall–Kier alpha value is -2.66. The van der Waals surface area contributed by atoms with Gasteiger partial charge in [-0.15, -0.1) is 0 Å². The lowest BCUT2D eigenvalue weighted by atomic mass is 10.2. The van der Waals surface area contributed by atoms with Crippen LogP contribution in [0.4, 0.5) is 17.1 Å². The summed E-state index contributed by atoms with van der Waals surface area (Å²) in [5.41, 5.74) is 0.645. The molecule has 11 heteroatoms. The van der Waals surface area contributed by atoms with Crippen molar-refractivity contribution < 1.29 is 21.8 Å². The first-order chi connectivity index (χ1) is 12.6. The zero-order valence-electron chi connectivity index (χ0n) is 14.3. The summed E-state index contributed by atoms with van der Waals surface area (Å²) >= 11 is 0. The van der Waals surface area contributed by atoms with Crippen LogP contribution in [0.3, 0.4) is 0 Å². The van der Waals surface area contributed by atoms with Crippen LogP contribution >= 0.6 is 0 Å². The number of nitrogens with zero attached hydrogens (tertiary/aromatic N) is 2. The largest absolute Gasteiger partial charge is 0.289 e. The summed E-state index contributed by atoms with van der Waals surface area (Å²) in [5, 5.41) is 11.1. The zero-order chi connectivity index (χ0) is 19.8. The number of aryl methyl sites for hydroxylation is 1. The molecule has 1 aliphatic rings. The highest BCUT2D eigenvalue weighted by molar-refractivity contribution is 7.93. The number of benzene rings is 2. The molecule has 144 valence electrons. The third kappa shape index (κ3) is 3.74. The van der Waals surface area contributed by atoms with Gasteiger partial charge in [-0.1, -0.05) is 12.1 Å². The van der Waals surface area contributed by atoms with Crippen LogP contribution < -0.4 is 9.03 Å². The van der Waals surface area contributed by atoms with Gasteiger partial charge >= 0.3 is 0 Å². The van der Waals surface area contributed by atoms with E-state index in [2.05, 4.69) is 4.72 Å². The van der Waals surface area contributed by atoms with Gasteiger partial charge in [-0.05, 0) is 43.2 Å². The molecule has 1 N–H and O–H groups in total. The van der Waals surface area contributed by atoms with Crippen LogP contribution in [0.25, 0.3) is 0 Å².